The standard InChI is InChI=1S/C18H24F3N5O2/c1-17(2,3)13-10-25-14(28-13)11-26-16(22-4)24-8-9-27-15-12(18(19,20)21)6-5-7-23-15/h5-7,10H,8-9,11H2,1-4H3,(H2,22,24,26). The van der Waals surface area contributed by atoms with Gasteiger partial charge in [-0.2, -0.15) is 13.2 Å². The minimum absolute atomic E-state index is 0.0199. The maximum absolute atomic E-state index is 12.9. The number of nitrogens with zero attached hydrogens (tertiary/aromatic N) is 3. The average Bonchev–Trinajstić information content (AvgIpc) is 3.10. The van der Waals surface area contributed by atoms with Crippen LogP contribution in [0.5, 0.6) is 5.88 Å². The van der Waals surface area contributed by atoms with E-state index in [2.05, 4.69) is 25.6 Å². The molecule has 0 unspecified atom stereocenters. The summed E-state index contributed by atoms with van der Waals surface area (Å²) in [6.45, 7) is 6.60. The van der Waals surface area contributed by atoms with Gasteiger partial charge in [0.05, 0.1) is 19.3 Å². The van der Waals surface area contributed by atoms with E-state index in [1.54, 1.807) is 13.2 Å². The third-order valence-electron chi connectivity index (χ3n) is 3.63. The smallest absolute Gasteiger partial charge is 0.421 e. The first-order valence-electron chi connectivity index (χ1n) is 8.66. The summed E-state index contributed by atoms with van der Waals surface area (Å²) in [6.07, 6.45) is -1.58. The zero-order chi connectivity index (χ0) is 20.8. The fraction of sp³-hybridized carbons (Fsp3) is 0.500. The van der Waals surface area contributed by atoms with E-state index >= 15 is 0 Å². The number of ether oxygens (including phenoxy) is 1. The summed E-state index contributed by atoms with van der Waals surface area (Å²) in [6, 6.07) is 2.14. The Morgan fingerprint density at radius 1 is 1.21 bits per heavy atom. The highest BCUT2D eigenvalue weighted by atomic mass is 19.4. The second-order valence-electron chi connectivity index (χ2n) is 6.92. The molecular weight excluding hydrogens is 375 g/mol. The average molecular weight is 399 g/mol. The monoisotopic (exact) mass is 399 g/mol. The Morgan fingerprint density at radius 3 is 2.57 bits per heavy atom. The second-order valence-corrected chi connectivity index (χ2v) is 6.92. The van der Waals surface area contributed by atoms with Gasteiger partial charge in [0.25, 0.3) is 0 Å². The van der Waals surface area contributed by atoms with Gasteiger partial charge >= 0.3 is 6.18 Å². The summed E-state index contributed by atoms with van der Waals surface area (Å²) >= 11 is 0. The molecule has 0 fully saturated rings. The topological polar surface area (TPSA) is 84.6 Å². The molecule has 0 aliphatic rings. The predicted octanol–water partition coefficient (Wildman–Crippen LogP) is 3.13. The van der Waals surface area contributed by atoms with E-state index in [9.17, 15) is 13.2 Å². The lowest BCUT2D eigenvalue weighted by atomic mass is 9.94. The molecular formula is C18H24F3N5O2. The number of aliphatic imine (C=N–C) groups is 1. The van der Waals surface area contributed by atoms with Gasteiger partial charge in [-0.1, -0.05) is 20.8 Å². The summed E-state index contributed by atoms with van der Waals surface area (Å²) in [5.41, 5.74) is -1.04. The second kappa shape index (κ2) is 8.94. The Morgan fingerprint density at radius 2 is 1.96 bits per heavy atom. The molecule has 2 rings (SSSR count). The highest BCUT2D eigenvalue weighted by Crippen LogP contribution is 2.34. The zero-order valence-corrected chi connectivity index (χ0v) is 16.2. The first-order valence-corrected chi connectivity index (χ1v) is 8.66. The Hall–Kier alpha value is -2.78. The summed E-state index contributed by atoms with van der Waals surface area (Å²) in [4.78, 5) is 11.9. The Labute approximate surface area is 161 Å². The van der Waals surface area contributed by atoms with Crippen LogP contribution < -0.4 is 15.4 Å². The maximum atomic E-state index is 12.9. The normalized spacial score (nSPS) is 12.8. The minimum atomic E-state index is -4.52. The minimum Gasteiger partial charge on any atom is -0.475 e. The van der Waals surface area contributed by atoms with Crippen molar-refractivity contribution in [3.63, 3.8) is 0 Å². The summed E-state index contributed by atoms with van der Waals surface area (Å²) in [5.74, 6) is 1.27. The van der Waals surface area contributed by atoms with Gasteiger partial charge in [-0.05, 0) is 12.1 Å². The van der Waals surface area contributed by atoms with E-state index < -0.39 is 17.6 Å². The molecule has 10 heteroatoms. The molecule has 28 heavy (non-hydrogen) atoms. The molecule has 0 saturated carbocycles. The fourth-order valence-electron chi connectivity index (χ4n) is 2.16. The van der Waals surface area contributed by atoms with Gasteiger partial charge in [0, 0.05) is 18.7 Å². The zero-order valence-electron chi connectivity index (χ0n) is 16.2. The summed E-state index contributed by atoms with van der Waals surface area (Å²) < 4.78 is 49.5. The Bertz CT molecular complexity index is 797. The van der Waals surface area contributed by atoms with Crippen LogP contribution in [0.25, 0.3) is 0 Å². The molecule has 0 spiro atoms. The van der Waals surface area contributed by atoms with Crippen LogP contribution in [0.1, 0.15) is 38.0 Å². The molecule has 0 aromatic carbocycles. The number of hydrogen-bond acceptors (Lipinski definition) is 5. The first kappa shape index (κ1) is 21.5. The van der Waals surface area contributed by atoms with Crippen molar-refractivity contribution < 1.29 is 22.3 Å². The number of aromatic nitrogens is 2. The lowest BCUT2D eigenvalue weighted by Crippen LogP contribution is -2.39. The summed E-state index contributed by atoms with van der Waals surface area (Å²) in [5, 5.41) is 5.96. The highest BCUT2D eigenvalue weighted by molar-refractivity contribution is 5.79. The van der Waals surface area contributed by atoms with Crippen molar-refractivity contribution in [2.45, 2.75) is 38.9 Å². The third kappa shape index (κ3) is 6.14. The molecule has 154 valence electrons. The van der Waals surface area contributed by atoms with E-state index in [1.807, 2.05) is 20.8 Å². The van der Waals surface area contributed by atoms with Crippen molar-refractivity contribution in [2.75, 3.05) is 20.2 Å². The highest BCUT2D eigenvalue weighted by Gasteiger charge is 2.35. The van der Waals surface area contributed by atoms with Crippen LogP contribution in [0.3, 0.4) is 0 Å². The molecule has 2 aromatic heterocycles. The summed E-state index contributed by atoms with van der Waals surface area (Å²) in [7, 11) is 1.58. The molecule has 0 bridgehead atoms. The number of halogens is 3. The van der Waals surface area contributed by atoms with Crippen molar-refractivity contribution >= 4 is 5.96 Å². The number of guanidine groups is 1. The molecule has 2 N–H and O–H groups in total. The van der Waals surface area contributed by atoms with E-state index in [-0.39, 0.29) is 18.6 Å². The van der Waals surface area contributed by atoms with Crippen LogP contribution >= 0.6 is 0 Å². The van der Waals surface area contributed by atoms with Crippen LogP contribution in [0, 0.1) is 0 Å². The van der Waals surface area contributed by atoms with Gasteiger partial charge in [0.1, 0.15) is 17.9 Å². The van der Waals surface area contributed by atoms with E-state index in [4.69, 9.17) is 9.15 Å². The van der Waals surface area contributed by atoms with Crippen LogP contribution in [0.2, 0.25) is 0 Å². The van der Waals surface area contributed by atoms with Crippen molar-refractivity contribution in [1.82, 2.24) is 20.6 Å². The molecule has 2 heterocycles. The Balaban J connectivity index is 1.80. The van der Waals surface area contributed by atoms with Gasteiger partial charge in [-0.25, -0.2) is 9.97 Å². The van der Waals surface area contributed by atoms with Crippen LogP contribution in [0.15, 0.2) is 33.9 Å². The predicted molar refractivity (Wildman–Crippen MR) is 98.1 cm³/mol. The molecule has 0 radical (unpaired) electrons. The largest absolute Gasteiger partial charge is 0.475 e. The molecule has 2 aromatic rings. The van der Waals surface area contributed by atoms with E-state index in [0.717, 1.165) is 11.8 Å². The number of pyridine rings is 1. The van der Waals surface area contributed by atoms with Crippen molar-refractivity contribution in [2.24, 2.45) is 4.99 Å². The third-order valence-corrected chi connectivity index (χ3v) is 3.63. The van der Waals surface area contributed by atoms with Crippen LogP contribution in [0.4, 0.5) is 13.2 Å². The quantitative estimate of drug-likeness (QED) is 0.441. The molecule has 7 nitrogen and oxygen atoms in total. The number of nitrogens with one attached hydrogen (secondary N) is 2. The molecule has 0 amide bonds. The molecule has 0 atom stereocenters. The van der Waals surface area contributed by atoms with Gasteiger partial charge in [-0.3, -0.25) is 4.99 Å². The van der Waals surface area contributed by atoms with Gasteiger partial charge < -0.3 is 19.8 Å². The van der Waals surface area contributed by atoms with Crippen LogP contribution in [-0.2, 0) is 18.1 Å². The van der Waals surface area contributed by atoms with Crippen LogP contribution in [-0.4, -0.2) is 36.1 Å². The van der Waals surface area contributed by atoms with Gasteiger partial charge in [-0.15, -0.1) is 0 Å². The van der Waals surface area contributed by atoms with Gasteiger partial charge in [0.2, 0.25) is 11.8 Å². The lowest BCUT2D eigenvalue weighted by Gasteiger charge is -2.14. The SMILES string of the molecule is CN=C(NCCOc1ncccc1C(F)(F)F)NCc1ncc(C(C)(C)C)o1. The van der Waals surface area contributed by atoms with Crippen molar-refractivity contribution in [3.05, 3.63) is 41.7 Å². The van der Waals surface area contributed by atoms with Gasteiger partial charge in [0.15, 0.2) is 5.96 Å². The fourth-order valence-corrected chi connectivity index (χ4v) is 2.16. The molecule has 0 saturated heterocycles. The molecule has 0 aliphatic heterocycles. The Kier molecular flexibility index (Phi) is 6.87. The first-order chi connectivity index (χ1) is 13.1. The van der Waals surface area contributed by atoms with Crippen molar-refractivity contribution in [3.8, 4) is 5.88 Å². The van der Waals surface area contributed by atoms with E-state index in [1.165, 1.54) is 12.3 Å². The van der Waals surface area contributed by atoms with Crippen molar-refractivity contribution in [1.29, 1.82) is 0 Å². The van der Waals surface area contributed by atoms with E-state index in [0.29, 0.717) is 18.4 Å². The number of oxazole rings is 1. The maximum Gasteiger partial charge on any atom is 0.421 e. The number of alkyl halides is 3. The molecule has 0 aliphatic carbocycles. The number of rotatable bonds is 6. The number of hydrogen-bond donors (Lipinski definition) is 2. The lowest BCUT2D eigenvalue weighted by molar-refractivity contribution is -0.139.